The summed E-state index contributed by atoms with van der Waals surface area (Å²) in [4.78, 5) is 2.21. The van der Waals surface area contributed by atoms with Gasteiger partial charge in [-0.05, 0) is 33.2 Å². The second kappa shape index (κ2) is 5.55. The van der Waals surface area contributed by atoms with Gasteiger partial charge in [-0.1, -0.05) is 13.8 Å². The summed E-state index contributed by atoms with van der Waals surface area (Å²) >= 11 is 0. The van der Waals surface area contributed by atoms with E-state index in [2.05, 4.69) is 32.7 Å². The standard InChI is InChI=1S/C10H23NO/c1-8(2)6-9(3)11(5)7-10(4)12/h8-10,12H,6-7H2,1-5H3. The number of aliphatic hydroxyl groups excluding tert-OH is 1. The minimum absolute atomic E-state index is 0.218. The van der Waals surface area contributed by atoms with Gasteiger partial charge < -0.3 is 10.0 Å². The van der Waals surface area contributed by atoms with E-state index in [9.17, 15) is 0 Å². The van der Waals surface area contributed by atoms with Gasteiger partial charge in [-0.25, -0.2) is 0 Å². The largest absolute Gasteiger partial charge is 0.392 e. The van der Waals surface area contributed by atoms with Crippen LogP contribution in [0.1, 0.15) is 34.1 Å². The van der Waals surface area contributed by atoms with Crippen molar-refractivity contribution in [3.63, 3.8) is 0 Å². The van der Waals surface area contributed by atoms with Crippen LogP contribution in [0, 0.1) is 5.92 Å². The van der Waals surface area contributed by atoms with Crippen LogP contribution in [0.5, 0.6) is 0 Å². The van der Waals surface area contributed by atoms with E-state index in [1.54, 1.807) is 0 Å². The van der Waals surface area contributed by atoms with Crippen molar-refractivity contribution in [1.29, 1.82) is 0 Å². The van der Waals surface area contributed by atoms with Gasteiger partial charge in [0.1, 0.15) is 0 Å². The molecular formula is C10H23NO. The van der Waals surface area contributed by atoms with Crippen molar-refractivity contribution in [2.75, 3.05) is 13.6 Å². The van der Waals surface area contributed by atoms with Gasteiger partial charge in [0.05, 0.1) is 6.10 Å². The van der Waals surface area contributed by atoms with Gasteiger partial charge in [0.2, 0.25) is 0 Å². The third-order valence-electron chi connectivity index (χ3n) is 2.12. The average molecular weight is 173 g/mol. The molecule has 0 aliphatic rings. The number of likely N-dealkylation sites (N-methyl/N-ethyl adjacent to an activating group) is 1. The molecule has 0 aromatic carbocycles. The highest BCUT2D eigenvalue weighted by atomic mass is 16.3. The second-order valence-corrected chi connectivity index (χ2v) is 4.27. The van der Waals surface area contributed by atoms with Crippen LogP contribution in [-0.2, 0) is 0 Å². The summed E-state index contributed by atoms with van der Waals surface area (Å²) in [6.45, 7) is 9.27. The highest BCUT2D eigenvalue weighted by molar-refractivity contribution is 4.66. The number of hydrogen-bond acceptors (Lipinski definition) is 2. The van der Waals surface area contributed by atoms with Crippen LogP contribution in [0.25, 0.3) is 0 Å². The van der Waals surface area contributed by atoms with Gasteiger partial charge in [0.15, 0.2) is 0 Å². The molecule has 0 spiro atoms. The summed E-state index contributed by atoms with van der Waals surface area (Å²) in [6, 6.07) is 0.569. The molecule has 12 heavy (non-hydrogen) atoms. The van der Waals surface area contributed by atoms with E-state index in [1.807, 2.05) is 6.92 Å². The molecule has 2 heteroatoms. The molecule has 0 aromatic rings. The van der Waals surface area contributed by atoms with Crippen molar-refractivity contribution < 1.29 is 5.11 Å². The first-order valence-corrected chi connectivity index (χ1v) is 4.81. The normalized spacial score (nSPS) is 17.0. The van der Waals surface area contributed by atoms with Crippen molar-refractivity contribution in [2.24, 2.45) is 5.92 Å². The minimum atomic E-state index is -0.218. The summed E-state index contributed by atoms with van der Waals surface area (Å²) in [5.41, 5.74) is 0. The van der Waals surface area contributed by atoms with Crippen LogP contribution in [0.3, 0.4) is 0 Å². The third-order valence-corrected chi connectivity index (χ3v) is 2.12. The summed E-state index contributed by atoms with van der Waals surface area (Å²) in [5.74, 6) is 0.733. The molecule has 0 heterocycles. The SMILES string of the molecule is CC(C)CC(C)N(C)CC(C)O. The lowest BCUT2D eigenvalue weighted by Crippen LogP contribution is -2.35. The Morgan fingerprint density at radius 1 is 1.17 bits per heavy atom. The summed E-state index contributed by atoms with van der Waals surface area (Å²) in [7, 11) is 2.07. The molecule has 2 nitrogen and oxygen atoms in total. The third kappa shape index (κ3) is 5.56. The van der Waals surface area contributed by atoms with Crippen molar-refractivity contribution in [3.8, 4) is 0 Å². The minimum Gasteiger partial charge on any atom is -0.392 e. The maximum Gasteiger partial charge on any atom is 0.0639 e. The molecule has 2 atom stereocenters. The fraction of sp³-hybridized carbons (Fsp3) is 1.00. The monoisotopic (exact) mass is 173 g/mol. The van der Waals surface area contributed by atoms with Crippen molar-refractivity contribution in [1.82, 2.24) is 4.90 Å². The Labute approximate surface area is 76.6 Å². The summed E-state index contributed by atoms with van der Waals surface area (Å²) in [6.07, 6.45) is 0.980. The Bertz CT molecular complexity index is 98.4. The van der Waals surface area contributed by atoms with E-state index in [0.717, 1.165) is 12.5 Å². The van der Waals surface area contributed by atoms with Gasteiger partial charge in [-0.15, -0.1) is 0 Å². The lowest BCUT2D eigenvalue weighted by Gasteiger charge is -2.27. The zero-order chi connectivity index (χ0) is 9.72. The zero-order valence-corrected chi connectivity index (χ0v) is 9.04. The maximum atomic E-state index is 9.16. The molecule has 0 aromatic heterocycles. The number of aliphatic hydroxyl groups is 1. The van der Waals surface area contributed by atoms with E-state index in [0.29, 0.717) is 6.04 Å². The van der Waals surface area contributed by atoms with E-state index in [-0.39, 0.29) is 6.10 Å². The fourth-order valence-corrected chi connectivity index (χ4v) is 1.46. The molecule has 74 valence electrons. The van der Waals surface area contributed by atoms with Crippen LogP contribution in [-0.4, -0.2) is 35.7 Å². The van der Waals surface area contributed by atoms with Crippen LogP contribution in [0.4, 0.5) is 0 Å². The molecule has 0 rings (SSSR count). The summed E-state index contributed by atoms with van der Waals surface area (Å²) in [5, 5.41) is 9.16. The van der Waals surface area contributed by atoms with Crippen LogP contribution >= 0.6 is 0 Å². The Morgan fingerprint density at radius 3 is 2.00 bits per heavy atom. The topological polar surface area (TPSA) is 23.5 Å². The molecule has 0 fully saturated rings. The lowest BCUT2D eigenvalue weighted by atomic mass is 10.0. The van der Waals surface area contributed by atoms with E-state index < -0.39 is 0 Å². The smallest absolute Gasteiger partial charge is 0.0639 e. The molecule has 2 unspecified atom stereocenters. The molecule has 0 bridgehead atoms. The van der Waals surface area contributed by atoms with Crippen LogP contribution in [0.2, 0.25) is 0 Å². The van der Waals surface area contributed by atoms with Gasteiger partial charge in [0, 0.05) is 12.6 Å². The zero-order valence-electron chi connectivity index (χ0n) is 9.04. The predicted octanol–water partition coefficient (Wildman–Crippen LogP) is 1.73. The van der Waals surface area contributed by atoms with Gasteiger partial charge in [-0.2, -0.15) is 0 Å². The molecule has 0 amide bonds. The molecule has 0 saturated carbocycles. The number of nitrogens with zero attached hydrogens (tertiary/aromatic N) is 1. The first-order valence-electron chi connectivity index (χ1n) is 4.81. The van der Waals surface area contributed by atoms with E-state index in [4.69, 9.17) is 5.11 Å². The van der Waals surface area contributed by atoms with Crippen molar-refractivity contribution in [3.05, 3.63) is 0 Å². The van der Waals surface area contributed by atoms with Crippen molar-refractivity contribution in [2.45, 2.75) is 46.3 Å². The Hall–Kier alpha value is -0.0800. The highest BCUT2D eigenvalue weighted by Crippen LogP contribution is 2.09. The first kappa shape index (κ1) is 11.9. The Balaban J connectivity index is 3.68. The van der Waals surface area contributed by atoms with Crippen LogP contribution in [0.15, 0.2) is 0 Å². The molecular weight excluding hydrogens is 150 g/mol. The average Bonchev–Trinajstić information content (AvgIpc) is 1.84. The quantitative estimate of drug-likeness (QED) is 0.684. The maximum absolute atomic E-state index is 9.16. The van der Waals surface area contributed by atoms with Gasteiger partial charge >= 0.3 is 0 Å². The van der Waals surface area contributed by atoms with Crippen LogP contribution < -0.4 is 0 Å². The molecule has 0 aliphatic heterocycles. The fourth-order valence-electron chi connectivity index (χ4n) is 1.46. The van der Waals surface area contributed by atoms with Gasteiger partial charge in [-0.3, -0.25) is 0 Å². The second-order valence-electron chi connectivity index (χ2n) is 4.27. The molecule has 0 radical (unpaired) electrons. The first-order chi connectivity index (χ1) is 5.43. The van der Waals surface area contributed by atoms with Gasteiger partial charge in [0.25, 0.3) is 0 Å². The van der Waals surface area contributed by atoms with E-state index >= 15 is 0 Å². The lowest BCUT2D eigenvalue weighted by molar-refractivity contribution is 0.115. The van der Waals surface area contributed by atoms with E-state index in [1.165, 1.54) is 6.42 Å². The Morgan fingerprint density at radius 2 is 1.67 bits per heavy atom. The number of rotatable bonds is 5. The molecule has 0 aliphatic carbocycles. The highest BCUT2D eigenvalue weighted by Gasteiger charge is 2.11. The molecule has 1 N–H and O–H groups in total. The number of hydrogen-bond donors (Lipinski definition) is 1. The molecule has 0 saturated heterocycles. The summed E-state index contributed by atoms with van der Waals surface area (Å²) < 4.78 is 0. The Kier molecular flexibility index (Phi) is 5.51. The predicted molar refractivity (Wildman–Crippen MR) is 53.2 cm³/mol. The van der Waals surface area contributed by atoms with Crippen molar-refractivity contribution >= 4 is 0 Å².